The van der Waals surface area contributed by atoms with Gasteiger partial charge in [0.1, 0.15) is 17.2 Å². The quantitative estimate of drug-likeness (QED) is 0.160. The zero-order valence-corrected chi connectivity index (χ0v) is 11.8. The summed E-state index contributed by atoms with van der Waals surface area (Å²) in [7, 11) is 0. The lowest BCUT2D eigenvalue weighted by Gasteiger charge is -2.10. The van der Waals surface area contributed by atoms with Crippen molar-refractivity contribution in [3.8, 4) is 0 Å². The number of nitrogens with two attached hydrogens (primary N) is 1. The molecule has 116 valence electrons. The minimum atomic E-state index is -1.66. The molecule has 1 aromatic carbocycles. The van der Waals surface area contributed by atoms with Crippen LogP contribution in [0, 0.1) is 23.3 Å². The number of hydrogen-bond acceptors (Lipinski definition) is 5. The molecule has 0 aliphatic rings. The Morgan fingerprint density at radius 1 is 1.24 bits per heavy atom. The summed E-state index contributed by atoms with van der Waals surface area (Å²) in [4.78, 5) is 10.1. The van der Waals surface area contributed by atoms with Crippen LogP contribution in [0.15, 0.2) is 17.0 Å². The van der Waals surface area contributed by atoms with E-state index in [9.17, 15) is 22.4 Å². The number of ether oxygens (including phenoxy) is 1. The van der Waals surface area contributed by atoms with E-state index < -0.39 is 39.8 Å². The summed E-state index contributed by atoms with van der Waals surface area (Å²) in [5.74, 6) is -7.13. The summed E-state index contributed by atoms with van der Waals surface area (Å²) in [6.07, 6.45) is 0. The first kappa shape index (κ1) is 17.3. The monoisotopic (exact) mass is 324 g/mol. The minimum Gasteiger partial charge on any atom is -0.461 e. The summed E-state index contributed by atoms with van der Waals surface area (Å²) >= 11 is 0.321. The van der Waals surface area contributed by atoms with Crippen LogP contribution in [0.4, 0.5) is 23.2 Å². The van der Waals surface area contributed by atoms with Crippen molar-refractivity contribution < 1.29 is 27.1 Å². The Balaban J connectivity index is 2.61. The molecule has 1 aromatic rings. The first-order valence-corrected chi connectivity index (χ1v) is 6.42. The highest BCUT2D eigenvalue weighted by Gasteiger charge is 2.24. The van der Waals surface area contributed by atoms with Gasteiger partial charge in [-0.2, -0.15) is 0 Å². The molecule has 0 saturated carbocycles. The standard InChI is InChI=1S/C12H12F4N2O2S/c1-5(2)12(19)20-4-3-18-21-11-8(15)6(13)10(17)7(14)9(11)16/h18H,1,3-4,17H2,2H3. The van der Waals surface area contributed by atoms with Crippen molar-refractivity contribution in [1.29, 1.82) is 0 Å². The number of nitrogens with one attached hydrogen (secondary N) is 1. The number of halogens is 4. The second-order valence-electron chi connectivity index (χ2n) is 3.91. The molecule has 0 atom stereocenters. The first-order chi connectivity index (χ1) is 9.77. The second kappa shape index (κ2) is 7.32. The Bertz CT molecular complexity index is 552. The van der Waals surface area contributed by atoms with Gasteiger partial charge in [-0.25, -0.2) is 22.4 Å². The molecule has 3 N–H and O–H groups in total. The zero-order valence-electron chi connectivity index (χ0n) is 10.9. The Morgan fingerprint density at radius 2 is 1.76 bits per heavy atom. The van der Waals surface area contributed by atoms with E-state index in [4.69, 9.17) is 10.5 Å². The lowest BCUT2D eigenvalue weighted by Crippen LogP contribution is -2.17. The van der Waals surface area contributed by atoms with Crippen molar-refractivity contribution in [3.63, 3.8) is 0 Å². The van der Waals surface area contributed by atoms with Crippen molar-refractivity contribution in [2.45, 2.75) is 11.8 Å². The summed E-state index contributed by atoms with van der Waals surface area (Å²) < 4.78 is 60.3. The number of anilines is 1. The van der Waals surface area contributed by atoms with E-state index in [1.807, 2.05) is 0 Å². The van der Waals surface area contributed by atoms with E-state index in [-0.39, 0.29) is 18.7 Å². The number of rotatable bonds is 6. The van der Waals surface area contributed by atoms with Gasteiger partial charge in [-0.15, -0.1) is 0 Å². The van der Waals surface area contributed by atoms with Crippen LogP contribution < -0.4 is 10.5 Å². The zero-order chi connectivity index (χ0) is 16.2. The Morgan fingerprint density at radius 3 is 2.24 bits per heavy atom. The van der Waals surface area contributed by atoms with Crippen molar-refractivity contribution in [2.24, 2.45) is 0 Å². The van der Waals surface area contributed by atoms with Gasteiger partial charge in [0.25, 0.3) is 0 Å². The fourth-order valence-electron chi connectivity index (χ4n) is 1.15. The molecule has 4 nitrogen and oxygen atoms in total. The number of benzene rings is 1. The third-order valence-corrected chi connectivity index (χ3v) is 3.13. The second-order valence-corrected chi connectivity index (χ2v) is 4.81. The lowest BCUT2D eigenvalue weighted by atomic mass is 10.2. The van der Waals surface area contributed by atoms with Gasteiger partial charge in [0.05, 0.1) is 0 Å². The van der Waals surface area contributed by atoms with Crippen molar-refractivity contribution in [2.75, 3.05) is 18.9 Å². The highest BCUT2D eigenvalue weighted by atomic mass is 32.2. The molecule has 0 spiro atoms. The van der Waals surface area contributed by atoms with Gasteiger partial charge in [0, 0.05) is 12.1 Å². The van der Waals surface area contributed by atoms with Crippen LogP contribution in [0.25, 0.3) is 0 Å². The van der Waals surface area contributed by atoms with Crippen molar-refractivity contribution >= 4 is 23.6 Å². The van der Waals surface area contributed by atoms with E-state index in [0.29, 0.717) is 11.9 Å². The minimum absolute atomic E-state index is 0.00379. The van der Waals surface area contributed by atoms with Crippen LogP contribution in [-0.2, 0) is 9.53 Å². The summed E-state index contributed by atoms with van der Waals surface area (Å²) in [6, 6.07) is 0. The molecule has 0 saturated heterocycles. The Kier molecular flexibility index (Phi) is 6.03. The molecule has 0 heterocycles. The Labute approximate surface area is 122 Å². The van der Waals surface area contributed by atoms with Gasteiger partial charge in [-0.05, 0) is 18.9 Å². The molecule has 0 aliphatic carbocycles. The average molecular weight is 324 g/mol. The largest absolute Gasteiger partial charge is 0.461 e. The molecule has 0 fully saturated rings. The van der Waals surface area contributed by atoms with E-state index in [0.717, 1.165) is 0 Å². The van der Waals surface area contributed by atoms with Gasteiger partial charge in [0.2, 0.25) is 0 Å². The Hall–Kier alpha value is -1.74. The maximum Gasteiger partial charge on any atom is 0.333 e. The molecule has 0 aromatic heterocycles. The van der Waals surface area contributed by atoms with Crippen LogP contribution >= 0.6 is 11.9 Å². The average Bonchev–Trinajstić information content (AvgIpc) is 2.45. The fraction of sp³-hybridized carbons (Fsp3) is 0.250. The molecular weight excluding hydrogens is 312 g/mol. The summed E-state index contributed by atoms with van der Waals surface area (Å²) in [5.41, 5.74) is 3.84. The van der Waals surface area contributed by atoms with Gasteiger partial charge in [-0.3, -0.25) is 4.72 Å². The summed E-state index contributed by atoms with van der Waals surface area (Å²) in [6.45, 7) is 4.70. The number of esters is 1. The SMILES string of the molecule is C=C(C)C(=O)OCCNSc1c(F)c(F)c(N)c(F)c1F. The maximum atomic E-state index is 13.4. The van der Waals surface area contributed by atoms with Gasteiger partial charge >= 0.3 is 5.97 Å². The van der Waals surface area contributed by atoms with E-state index >= 15 is 0 Å². The molecule has 0 bridgehead atoms. The van der Waals surface area contributed by atoms with Crippen molar-refractivity contribution in [1.82, 2.24) is 4.72 Å². The highest BCUT2D eigenvalue weighted by molar-refractivity contribution is 7.97. The van der Waals surface area contributed by atoms with E-state index in [1.165, 1.54) is 6.92 Å². The third kappa shape index (κ3) is 4.11. The summed E-state index contributed by atoms with van der Waals surface area (Å²) in [5, 5.41) is 0. The number of carbonyl (C=O) groups is 1. The third-order valence-electron chi connectivity index (χ3n) is 2.22. The van der Waals surface area contributed by atoms with Crippen molar-refractivity contribution in [3.05, 3.63) is 35.4 Å². The predicted molar refractivity (Wildman–Crippen MR) is 70.3 cm³/mol. The predicted octanol–water partition coefficient (Wildman–Crippen LogP) is 2.54. The van der Waals surface area contributed by atoms with Crippen LogP contribution in [0.5, 0.6) is 0 Å². The van der Waals surface area contributed by atoms with E-state index in [2.05, 4.69) is 11.3 Å². The van der Waals surface area contributed by atoms with E-state index in [1.54, 1.807) is 0 Å². The fourth-order valence-corrected chi connectivity index (χ4v) is 1.84. The normalized spacial score (nSPS) is 10.5. The topological polar surface area (TPSA) is 64.3 Å². The molecule has 1 rings (SSSR count). The maximum absolute atomic E-state index is 13.4. The molecular formula is C12H12F4N2O2S. The number of nitrogen functional groups attached to an aromatic ring is 1. The van der Waals surface area contributed by atoms with Crippen LogP contribution in [0.2, 0.25) is 0 Å². The number of carbonyl (C=O) groups excluding carboxylic acids is 1. The highest BCUT2D eigenvalue weighted by Crippen LogP contribution is 2.31. The lowest BCUT2D eigenvalue weighted by molar-refractivity contribution is -0.138. The van der Waals surface area contributed by atoms with Gasteiger partial charge in [-0.1, -0.05) is 6.58 Å². The first-order valence-electron chi connectivity index (χ1n) is 5.61. The van der Waals surface area contributed by atoms with Crippen LogP contribution in [0.1, 0.15) is 6.92 Å². The molecule has 0 radical (unpaired) electrons. The van der Waals surface area contributed by atoms with Gasteiger partial charge < -0.3 is 10.5 Å². The van der Waals surface area contributed by atoms with Gasteiger partial charge in [0.15, 0.2) is 23.3 Å². The molecule has 0 aliphatic heterocycles. The smallest absolute Gasteiger partial charge is 0.333 e. The molecule has 0 amide bonds. The van der Waals surface area contributed by atoms with Crippen LogP contribution in [0.3, 0.4) is 0 Å². The molecule has 0 unspecified atom stereocenters. The molecule has 9 heteroatoms. The number of hydrogen-bond donors (Lipinski definition) is 2. The van der Waals surface area contributed by atoms with Crippen LogP contribution in [-0.4, -0.2) is 19.1 Å². The molecule has 21 heavy (non-hydrogen) atoms.